The van der Waals surface area contributed by atoms with Gasteiger partial charge in [0.15, 0.2) is 11.6 Å². The van der Waals surface area contributed by atoms with Gasteiger partial charge >= 0.3 is 11.4 Å². The van der Waals surface area contributed by atoms with Crippen LogP contribution in [0.5, 0.6) is 0 Å². The predicted octanol–water partition coefficient (Wildman–Crippen LogP) is 0.659. The minimum absolute atomic E-state index is 0.278. The maximum atomic E-state index is 12.9. The van der Waals surface area contributed by atoms with E-state index >= 15 is 0 Å². The monoisotopic (exact) mass is 484 g/mol. The van der Waals surface area contributed by atoms with Crippen LogP contribution in [0.2, 0.25) is 0 Å². The van der Waals surface area contributed by atoms with Gasteiger partial charge in [-0.05, 0) is 32.6 Å². The molecule has 0 fully saturated rings. The molecule has 12 heteroatoms. The number of hydrogen-bond donors (Lipinski definition) is 2. The highest BCUT2D eigenvalue weighted by Gasteiger charge is 2.41. The molecule has 2 aliphatic heterocycles. The average Bonchev–Trinajstić information content (AvgIpc) is 3.39. The van der Waals surface area contributed by atoms with Crippen LogP contribution in [0.1, 0.15) is 32.6 Å². The SMILES string of the molecule is C=CCCCCN1CN(N2CN(CCC=C)c3c2n(CC)c(=O)[nH]c3=O)c2c1c(=O)[nH]c(=O)n2C. The van der Waals surface area contributed by atoms with E-state index in [4.69, 9.17) is 0 Å². The number of hydrazine groups is 1. The molecule has 12 nitrogen and oxygen atoms in total. The van der Waals surface area contributed by atoms with Crippen molar-refractivity contribution in [1.82, 2.24) is 19.1 Å². The Balaban J connectivity index is 1.85. The highest BCUT2D eigenvalue weighted by atomic mass is 16.2. The topological polar surface area (TPSA) is 123 Å². The molecule has 0 bridgehead atoms. The third kappa shape index (κ3) is 4.08. The van der Waals surface area contributed by atoms with Gasteiger partial charge in [-0.3, -0.25) is 28.7 Å². The lowest BCUT2D eigenvalue weighted by molar-refractivity contribution is 0.632. The standard InChI is InChI=1S/C23H32N8O4/c1-5-8-10-11-13-28-14-30(20-16(28)18(32)24-22(34)26(20)4)31-15-27(12-9-6-2)17-19(33)25-23(35)29(7-3)21(17)31/h5-6H,1-2,7-15H2,3-4H3,(H,24,32,34)(H,25,33,35). The summed E-state index contributed by atoms with van der Waals surface area (Å²) in [6.45, 7) is 11.4. The Morgan fingerprint density at radius 1 is 0.800 bits per heavy atom. The molecular formula is C23H32N8O4. The molecular weight excluding hydrogens is 452 g/mol. The van der Waals surface area contributed by atoms with Crippen molar-refractivity contribution in [3.8, 4) is 0 Å². The fraction of sp³-hybridized carbons (Fsp3) is 0.478. The van der Waals surface area contributed by atoms with Gasteiger partial charge in [0.05, 0.1) is 0 Å². The second-order valence-electron chi connectivity index (χ2n) is 8.64. The van der Waals surface area contributed by atoms with Crippen LogP contribution in [0, 0.1) is 0 Å². The highest BCUT2D eigenvalue weighted by Crippen LogP contribution is 2.39. The van der Waals surface area contributed by atoms with Crippen molar-refractivity contribution in [1.29, 1.82) is 0 Å². The van der Waals surface area contributed by atoms with Crippen LogP contribution in [0.4, 0.5) is 23.0 Å². The second-order valence-corrected chi connectivity index (χ2v) is 8.64. The summed E-state index contributed by atoms with van der Waals surface area (Å²) in [5.41, 5.74) is -1.19. The molecule has 0 aromatic carbocycles. The first-order valence-electron chi connectivity index (χ1n) is 11.8. The van der Waals surface area contributed by atoms with Crippen molar-refractivity contribution in [2.45, 2.75) is 39.2 Å². The van der Waals surface area contributed by atoms with Gasteiger partial charge in [-0.15, -0.1) is 13.2 Å². The van der Waals surface area contributed by atoms with Crippen molar-refractivity contribution in [3.05, 3.63) is 67.0 Å². The molecule has 0 aliphatic carbocycles. The number of nitrogens with zero attached hydrogens (tertiary/aromatic N) is 6. The molecule has 4 heterocycles. The van der Waals surface area contributed by atoms with Crippen molar-refractivity contribution < 1.29 is 0 Å². The van der Waals surface area contributed by atoms with Crippen LogP contribution in [0.15, 0.2) is 44.5 Å². The summed E-state index contributed by atoms with van der Waals surface area (Å²) in [4.78, 5) is 59.7. The van der Waals surface area contributed by atoms with E-state index in [9.17, 15) is 19.2 Å². The summed E-state index contributed by atoms with van der Waals surface area (Å²) in [6, 6.07) is 0. The largest absolute Gasteiger partial charge is 0.345 e. The van der Waals surface area contributed by atoms with Gasteiger partial charge in [-0.1, -0.05) is 12.2 Å². The molecule has 0 saturated carbocycles. The first-order chi connectivity index (χ1) is 16.8. The average molecular weight is 485 g/mol. The Labute approximate surface area is 202 Å². The maximum absolute atomic E-state index is 12.9. The molecule has 0 saturated heterocycles. The van der Waals surface area contributed by atoms with Crippen molar-refractivity contribution in [3.63, 3.8) is 0 Å². The fourth-order valence-electron chi connectivity index (χ4n) is 4.75. The summed E-state index contributed by atoms with van der Waals surface area (Å²) in [6.07, 6.45) is 6.90. The van der Waals surface area contributed by atoms with Gasteiger partial charge in [0, 0.05) is 26.7 Å². The number of fused-ring (bicyclic) bond motifs is 2. The molecule has 0 spiro atoms. The maximum Gasteiger partial charge on any atom is 0.330 e. The third-order valence-electron chi connectivity index (χ3n) is 6.45. The zero-order chi connectivity index (χ0) is 25.3. The lowest BCUT2D eigenvalue weighted by Gasteiger charge is -2.33. The molecule has 2 aliphatic rings. The number of unbranched alkanes of at least 4 members (excludes halogenated alkanes) is 2. The summed E-state index contributed by atoms with van der Waals surface area (Å²) in [5.74, 6) is 0.867. The summed E-state index contributed by atoms with van der Waals surface area (Å²) in [7, 11) is 1.60. The van der Waals surface area contributed by atoms with Gasteiger partial charge in [-0.2, -0.15) is 0 Å². The van der Waals surface area contributed by atoms with Crippen LogP contribution in [-0.4, -0.2) is 45.5 Å². The lowest BCUT2D eigenvalue weighted by atomic mass is 10.2. The second kappa shape index (κ2) is 9.72. The number of aromatic nitrogens is 4. The van der Waals surface area contributed by atoms with E-state index in [-0.39, 0.29) is 6.67 Å². The molecule has 2 N–H and O–H groups in total. The van der Waals surface area contributed by atoms with Crippen LogP contribution in [-0.2, 0) is 13.6 Å². The van der Waals surface area contributed by atoms with E-state index < -0.39 is 22.5 Å². The number of allylic oxidation sites excluding steroid dienone is 1. The minimum Gasteiger partial charge on any atom is -0.345 e. The van der Waals surface area contributed by atoms with Gasteiger partial charge in [0.1, 0.15) is 24.7 Å². The zero-order valence-electron chi connectivity index (χ0n) is 20.2. The first kappa shape index (κ1) is 24.2. The Morgan fingerprint density at radius 2 is 1.37 bits per heavy atom. The molecule has 0 atom stereocenters. The lowest BCUT2D eigenvalue weighted by Crippen LogP contribution is -2.49. The number of anilines is 4. The number of rotatable bonds is 10. The third-order valence-corrected chi connectivity index (χ3v) is 6.45. The van der Waals surface area contributed by atoms with E-state index in [1.54, 1.807) is 13.1 Å². The van der Waals surface area contributed by atoms with E-state index in [0.717, 1.165) is 19.3 Å². The predicted molar refractivity (Wildman–Crippen MR) is 138 cm³/mol. The van der Waals surface area contributed by atoms with Gasteiger partial charge in [0.2, 0.25) is 0 Å². The molecule has 2 aromatic heterocycles. The van der Waals surface area contributed by atoms with E-state index in [2.05, 4.69) is 23.1 Å². The summed E-state index contributed by atoms with van der Waals surface area (Å²) in [5, 5.41) is 3.64. The van der Waals surface area contributed by atoms with Crippen LogP contribution < -0.4 is 42.3 Å². The van der Waals surface area contributed by atoms with Crippen molar-refractivity contribution in [2.75, 3.05) is 46.2 Å². The normalized spacial score (nSPS) is 14.5. The number of hydrogen-bond acceptors (Lipinski definition) is 8. The minimum atomic E-state index is -0.533. The molecule has 0 unspecified atom stereocenters. The van der Waals surface area contributed by atoms with Crippen molar-refractivity contribution in [2.24, 2.45) is 7.05 Å². The molecule has 35 heavy (non-hydrogen) atoms. The Kier molecular flexibility index (Phi) is 6.72. The fourth-order valence-corrected chi connectivity index (χ4v) is 4.75. The highest BCUT2D eigenvalue weighted by molar-refractivity contribution is 5.80. The molecule has 0 radical (unpaired) electrons. The smallest absolute Gasteiger partial charge is 0.330 e. The molecule has 4 rings (SSSR count). The van der Waals surface area contributed by atoms with Gasteiger partial charge in [-0.25, -0.2) is 19.6 Å². The van der Waals surface area contributed by atoms with E-state index in [1.165, 1.54) is 9.13 Å². The molecule has 0 amide bonds. The van der Waals surface area contributed by atoms with Gasteiger partial charge < -0.3 is 9.80 Å². The van der Waals surface area contributed by atoms with Crippen LogP contribution in [0.3, 0.4) is 0 Å². The first-order valence-corrected chi connectivity index (χ1v) is 11.8. The quantitative estimate of drug-likeness (QED) is 0.373. The van der Waals surface area contributed by atoms with E-state index in [1.807, 2.05) is 32.8 Å². The number of H-pyrrole nitrogens is 2. The number of aromatic amines is 2. The van der Waals surface area contributed by atoms with Crippen molar-refractivity contribution >= 4 is 23.0 Å². The summed E-state index contributed by atoms with van der Waals surface area (Å²) < 4.78 is 2.90. The Morgan fingerprint density at radius 3 is 2.00 bits per heavy atom. The number of nitrogens with one attached hydrogen (secondary N) is 2. The Bertz CT molecular complexity index is 1370. The zero-order valence-corrected chi connectivity index (χ0v) is 20.2. The van der Waals surface area contributed by atoms with Crippen LogP contribution in [0.25, 0.3) is 0 Å². The van der Waals surface area contributed by atoms with Crippen LogP contribution >= 0.6 is 0 Å². The molecule has 188 valence electrons. The van der Waals surface area contributed by atoms with Gasteiger partial charge in [0.25, 0.3) is 11.1 Å². The van der Waals surface area contributed by atoms with E-state index in [0.29, 0.717) is 55.7 Å². The molecule has 2 aromatic rings. The summed E-state index contributed by atoms with van der Waals surface area (Å²) >= 11 is 0. The Hall–Kier alpha value is -3.96.